The number of ether oxygens (including phenoxy) is 1. The van der Waals surface area contributed by atoms with Crippen LogP contribution in [0.25, 0.3) is 82.1 Å². The molecule has 0 radical (unpaired) electrons. The molecule has 3 aromatic heterocycles. The molecular weight excluding hydrogens is 881 g/mol. The lowest BCUT2D eigenvalue weighted by Gasteiger charge is -2.26. The largest absolute Gasteiger partial charge is 0.457 e. The topological polar surface area (TPSA) is 35.2 Å². The van der Waals surface area contributed by atoms with Crippen molar-refractivity contribution in [3.8, 4) is 28.4 Å². The van der Waals surface area contributed by atoms with Gasteiger partial charge in [-0.05, 0) is 97.6 Å². The van der Waals surface area contributed by atoms with E-state index in [0.717, 1.165) is 45.1 Å². The summed E-state index contributed by atoms with van der Waals surface area (Å²) in [4.78, 5) is 7.39. The maximum absolute atomic E-state index is 6.91. The van der Waals surface area contributed by atoms with Crippen LogP contribution in [0.2, 0.25) is 19.6 Å². The molecule has 4 heterocycles. The summed E-state index contributed by atoms with van der Waals surface area (Å²) in [6.07, 6.45) is 1.93. The average molecular weight is 941 g/mol. The fourth-order valence-corrected chi connectivity index (χ4v) is 12.1. The summed E-state index contributed by atoms with van der Waals surface area (Å²) >= 11 is 0. The zero-order valence-corrected chi connectivity index (χ0v) is 43.3. The van der Waals surface area contributed by atoms with E-state index in [1.54, 1.807) is 0 Å². The van der Waals surface area contributed by atoms with E-state index in [-0.39, 0.29) is 10.8 Å². The number of nitrogens with zero attached hydrogens (tertiary/aromatic N) is 4. The molecule has 0 fully saturated rings. The van der Waals surface area contributed by atoms with E-state index in [1.165, 1.54) is 76.2 Å². The van der Waals surface area contributed by atoms with Crippen molar-refractivity contribution < 1.29 is 4.74 Å². The normalized spacial score (nSPS) is 13.1. The van der Waals surface area contributed by atoms with Crippen LogP contribution >= 0.6 is 0 Å². The molecule has 0 aliphatic carbocycles. The fourth-order valence-electron chi connectivity index (χ4n) is 10.9. The molecule has 350 valence electrons. The van der Waals surface area contributed by atoms with Crippen LogP contribution in [0.1, 0.15) is 52.7 Å². The van der Waals surface area contributed by atoms with Crippen LogP contribution in [0.15, 0.2) is 188 Å². The Balaban J connectivity index is 1.06. The minimum atomic E-state index is -1.72. The molecule has 0 saturated heterocycles. The van der Waals surface area contributed by atoms with Gasteiger partial charge < -0.3 is 14.2 Å². The van der Waals surface area contributed by atoms with Gasteiger partial charge in [-0.2, -0.15) is 0 Å². The van der Waals surface area contributed by atoms with Crippen LogP contribution in [-0.4, -0.2) is 22.2 Å². The summed E-state index contributed by atoms with van der Waals surface area (Å²) in [6, 6.07) is 67.2. The molecular formula is C65H60N4OSi. The number of hydrogen-bond donors (Lipinski definition) is 0. The number of anilines is 2. The van der Waals surface area contributed by atoms with Gasteiger partial charge in [-0.3, -0.25) is 4.57 Å². The Kier molecular flexibility index (Phi) is 10.3. The van der Waals surface area contributed by atoms with E-state index in [1.807, 2.05) is 6.20 Å². The summed E-state index contributed by atoms with van der Waals surface area (Å²) in [6.45, 7) is 21.8. The molecule has 0 atom stereocenters. The lowest BCUT2D eigenvalue weighted by molar-refractivity contribution is 0.483. The van der Waals surface area contributed by atoms with E-state index in [0.29, 0.717) is 6.67 Å². The smallest absolute Gasteiger partial charge is 0.137 e. The lowest BCUT2D eigenvalue weighted by Crippen LogP contribution is -2.38. The number of hydrogen-bond acceptors (Lipinski definition) is 3. The van der Waals surface area contributed by atoms with Gasteiger partial charge in [0.2, 0.25) is 0 Å². The summed E-state index contributed by atoms with van der Waals surface area (Å²) < 4.78 is 11.8. The van der Waals surface area contributed by atoms with E-state index < -0.39 is 8.07 Å². The second kappa shape index (κ2) is 16.5. The Morgan fingerprint density at radius 1 is 0.479 bits per heavy atom. The van der Waals surface area contributed by atoms with Gasteiger partial charge in [-0.1, -0.05) is 188 Å². The third-order valence-electron chi connectivity index (χ3n) is 14.7. The van der Waals surface area contributed by atoms with Gasteiger partial charge in [0, 0.05) is 51.1 Å². The molecule has 12 rings (SSSR count). The van der Waals surface area contributed by atoms with Crippen molar-refractivity contribution in [2.45, 2.75) is 78.7 Å². The van der Waals surface area contributed by atoms with Crippen LogP contribution in [0.4, 0.5) is 11.4 Å². The fraction of sp³-hybridized carbons (Fsp3) is 0.185. The minimum Gasteiger partial charge on any atom is -0.457 e. The van der Waals surface area contributed by atoms with E-state index in [2.05, 4.69) is 257 Å². The van der Waals surface area contributed by atoms with Crippen LogP contribution < -0.4 is 14.8 Å². The van der Waals surface area contributed by atoms with Crippen LogP contribution in [0.3, 0.4) is 0 Å². The first-order chi connectivity index (χ1) is 34.1. The molecule has 71 heavy (non-hydrogen) atoms. The van der Waals surface area contributed by atoms with Crippen LogP contribution in [0, 0.1) is 0 Å². The SMILES string of the molecule is CC(C)(C)c1cc(-c2cccc3c4ccccc4c4ccccc4c4cccc5c4n(c23)CN5c2cccc(Oc3ccc4c5ccccc5n(-c5cc(C(C)(C)C)ccn5)c4c3)c2)cc([Si](C)(C)C)c1. The molecule has 1 aliphatic rings. The molecule has 0 unspecified atom stereocenters. The zero-order chi connectivity index (χ0) is 49.0. The van der Waals surface area contributed by atoms with Gasteiger partial charge in [0.15, 0.2) is 0 Å². The van der Waals surface area contributed by atoms with Gasteiger partial charge >= 0.3 is 0 Å². The van der Waals surface area contributed by atoms with Crippen molar-refractivity contribution >= 4 is 89.8 Å². The van der Waals surface area contributed by atoms with Gasteiger partial charge in [-0.25, -0.2) is 4.98 Å². The number of fused-ring (bicyclic) bond motifs is 10. The number of benzene rings is 8. The highest BCUT2D eigenvalue weighted by Crippen LogP contribution is 2.46. The lowest BCUT2D eigenvalue weighted by atomic mass is 9.85. The number of para-hydroxylation sites is 3. The van der Waals surface area contributed by atoms with Gasteiger partial charge in [0.05, 0.1) is 35.8 Å². The van der Waals surface area contributed by atoms with Gasteiger partial charge in [0.1, 0.15) is 24.0 Å². The average Bonchev–Trinajstić information content (AvgIpc) is 3.92. The van der Waals surface area contributed by atoms with Crippen molar-refractivity contribution in [3.05, 3.63) is 199 Å². The molecule has 8 aromatic carbocycles. The quantitative estimate of drug-likeness (QED) is 0.156. The zero-order valence-electron chi connectivity index (χ0n) is 42.3. The van der Waals surface area contributed by atoms with E-state index >= 15 is 0 Å². The predicted molar refractivity (Wildman–Crippen MR) is 305 cm³/mol. The number of rotatable bonds is 6. The van der Waals surface area contributed by atoms with Crippen molar-refractivity contribution in [2.24, 2.45) is 0 Å². The maximum Gasteiger partial charge on any atom is 0.137 e. The highest BCUT2D eigenvalue weighted by atomic mass is 28.3. The summed E-state index contributed by atoms with van der Waals surface area (Å²) in [5.41, 5.74) is 11.9. The summed E-state index contributed by atoms with van der Waals surface area (Å²) in [5.74, 6) is 2.43. The Labute approximate surface area is 417 Å². The first-order valence-electron chi connectivity index (χ1n) is 25.0. The summed E-state index contributed by atoms with van der Waals surface area (Å²) in [5, 5.41) is 11.2. The van der Waals surface area contributed by atoms with Gasteiger partial charge in [0.25, 0.3) is 0 Å². The predicted octanol–water partition coefficient (Wildman–Crippen LogP) is 17.4. The Morgan fingerprint density at radius 2 is 1.07 bits per heavy atom. The Bertz CT molecular complexity index is 3990. The molecule has 0 bridgehead atoms. The first-order valence-corrected chi connectivity index (χ1v) is 28.5. The molecule has 11 aromatic rings. The highest BCUT2D eigenvalue weighted by molar-refractivity contribution is 6.88. The molecule has 6 heteroatoms. The monoisotopic (exact) mass is 940 g/mol. The molecule has 0 N–H and O–H groups in total. The second-order valence-electron chi connectivity index (χ2n) is 22.5. The molecule has 0 spiro atoms. The summed E-state index contributed by atoms with van der Waals surface area (Å²) in [7, 11) is -1.72. The Morgan fingerprint density at radius 3 is 1.76 bits per heavy atom. The number of pyridine rings is 1. The van der Waals surface area contributed by atoms with E-state index in [9.17, 15) is 0 Å². The van der Waals surface area contributed by atoms with Crippen molar-refractivity contribution in [2.75, 3.05) is 4.90 Å². The third-order valence-corrected chi connectivity index (χ3v) is 16.7. The van der Waals surface area contributed by atoms with Crippen LogP contribution in [0.5, 0.6) is 11.5 Å². The van der Waals surface area contributed by atoms with Gasteiger partial charge in [-0.15, -0.1) is 0 Å². The van der Waals surface area contributed by atoms with Crippen molar-refractivity contribution in [1.29, 1.82) is 0 Å². The van der Waals surface area contributed by atoms with Crippen LogP contribution in [-0.2, 0) is 17.5 Å². The third kappa shape index (κ3) is 7.64. The number of aromatic nitrogens is 3. The molecule has 0 saturated carbocycles. The van der Waals surface area contributed by atoms with Crippen molar-refractivity contribution in [3.63, 3.8) is 0 Å². The highest BCUT2D eigenvalue weighted by Gasteiger charge is 2.28. The second-order valence-corrected chi connectivity index (χ2v) is 27.6. The molecule has 5 nitrogen and oxygen atoms in total. The van der Waals surface area contributed by atoms with E-state index in [4.69, 9.17) is 9.72 Å². The minimum absolute atomic E-state index is 0.0171. The molecule has 1 aliphatic heterocycles. The first kappa shape index (κ1) is 44.5. The molecule has 0 amide bonds. The van der Waals surface area contributed by atoms with Crippen molar-refractivity contribution in [1.82, 2.24) is 14.1 Å². The standard InChI is InChI=1S/C65H60N4OSi/c1-64(2,3)43-33-34-66-61(38-43)69-58-29-15-14-25-54(58)55-32-31-47(40-60(55)69)70-46-20-16-19-45(39-46)67-41-68-62-49(42-35-44(65(4,5)6)37-48(36-42)71(7,8)9)26-17-27-56(62)52-23-12-10-21-50(52)51-22-11-13-24-53(51)57-28-18-30-59(67)63(57)68/h10-40H,41H2,1-9H3. The Hall–Kier alpha value is -7.67. The maximum atomic E-state index is 6.91.